The maximum Gasteiger partial charge on any atom is 0.250 e. The molecule has 2 aliphatic rings. The molecule has 0 radical (unpaired) electrons. The second-order valence-corrected chi connectivity index (χ2v) is 7.84. The minimum absolute atomic E-state index is 0.0606. The molecule has 8 heteroatoms. The lowest BCUT2D eigenvalue weighted by molar-refractivity contribution is -0.134. The molecule has 0 spiro atoms. The van der Waals surface area contributed by atoms with Crippen molar-refractivity contribution < 1.29 is 13.7 Å². The first-order chi connectivity index (χ1) is 14.2. The lowest BCUT2D eigenvalue weighted by Gasteiger charge is -2.42. The number of likely N-dealkylation sites (tertiary alicyclic amines) is 1. The molecule has 29 heavy (non-hydrogen) atoms. The van der Waals surface area contributed by atoms with Gasteiger partial charge in [-0.1, -0.05) is 11.2 Å². The van der Waals surface area contributed by atoms with Crippen molar-refractivity contribution in [3.05, 3.63) is 58.5 Å². The van der Waals surface area contributed by atoms with E-state index in [0.717, 1.165) is 18.7 Å². The largest absolute Gasteiger partial charge is 0.461 e. The van der Waals surface area contributed by atoms with Crippen molar-refractivity contribution in [3.63, 3.8) is 0 Å². The zero-order valence-electron chi connectivity index (χ0n) is 16.0. The van der Waals surface area contributed by atoms with Crippen molar-refractivity contribution >= 4 is 5.91 Å². The monoisotopic (exact) mass is 394 g/mol. The van der Waals surface area contributed by atoms with Gasteiger partial charge in [0.15, 0.2) is 5.76 Å². The van der Waals surface area contributed by atoms with E-state index in [1.807, 2.05) is 21.6 Å². The second-order valence-electron chi connectivity index (χ2n) is 7.84. The van der Waals surface area contributed by atoms with Gasteiger partial charge < -0.3 is 18.4 Å². The highest BCUT2D eigenvalue weighted by atomic mass is 16.5. The van der Waals surface area contributed by atoms with Crippen LogP contribution in [0.1, 0.15) is 36.8 Å². The molecule has 0 aliphatic carbocycles. The zero-order chi connectivity index (χ0) is 19.8. The Hall–Kier alpha value is -3.16. The molecular formula is C21H22N4O4. The van der Waals surface area contributed by atoms with Crippen LogP contribution in [0.15, 0.2) is 50.3 Å². The SMILES string of the molecule is O=C(CCCc1nc(-c2ccco2)no1)N1C[C@@H]2C[C@H](C1)c1cccc(=O)n1C2. The Morgan fingerprint density at radius 1 is 1.17 bits per heavy atom. The first-order valence-electron chi connectivity index (χ1n) is 10.0. The summed E-state index contributed by atoms with van der Waals surface area (Å²) >= 11 is 0. The summed E-state index contributed by atoms with van der Waals surface area (Å²) in [5, 5.41) is 3.91. The molecule has 5 rings (SSSR count). The minimum Gasteiger partial charge on any atom is -0.461 e. The van der Waals surface area contributed by atoms with Crippen molar-refractivity contribution in [2.24, 2.45) is 5.92 Å². The van der Waals surface area contributed by atoms with E-state index in [1.54, 1.807) is 24.5 Å². The van der Waals surface area contributed by atoms with Gasteiger partial charge in [0.25, 0.3) is 5.56 Å². The summed E-state index contributed by atoms with van der Waals surface area (Å²) in [7, 11) is 0. The van der Waals surface area contributed by atoms with Gasteiger partial charge in [0.05, 0.1) is 6.26 Å². The molecule has 8 nitrogen and oxygen atoms in total. The first kappa shape index (κ1) is 17.9. The summed E-state index contributed by atoms with van der Waals surface area (Å²) in [4.78, 5) is 31.2. The van der Waals surface area contributed by atoms with Crippen LogP contribution in [0.2, 0.25) is 0 Å². The summed E-state index contributed by atoms with van der Waals surface area (Å²) in [6, 6.07) is 8.99. The van der Waals surface area contributed by atoms with Crippen LogP contribution in [-0.4, -0.2) is 38.6 Å². The fraction of sp³-hybridized carbons (Fsp3) is 0.429. The Morgan fingerprint density at radius 2 is 2.10 bits per heavy atom. The van der Waals surface area contributed by atoms with Gasteiger partial charge in [-0.2, -0.15) is 4.98 Å². The zero-order valence-corrected chi connectivity index (χ0v) is 16.0. The molecule has 1 saturated heterocycles. The van der Waals surface area contributed by atoms with Gasteiger partial charge >= 0.3 is 0 Å². The number of furan rings is 1. The third-order valence-electron chi connectivity index (χ3n) is 5.82. The average Bonchev–Trinajstić information content (AvgIpc) is 3.40. The Bertz CT molecular complexity index is 1070. The topological polar surface area (TPSA) is 94.4 Å². The number of pyridine rings is 1. The summed E-state index contributed by atoms with van der Waals surface area (Å²) in [6.07, 6.45) is 4.26. The number of carbonyl (C=O) groups is 1. The third-order valence-corrected chi connectivity index (χ3v) is 5.82. The van der Waals surface area contributed by atoms with E-state index in [2.05, 4.69) is 10.1 Å². The van der Waals surface area contributed by atoms with Crippen LogP contribution in [0.3, 0.4) is 0 Å². The molecule has 2 atom stereocenters. The summed E-state index contributed by atoms with van der Waals surface area (Å²) in [5.74, 6) is 2.24. The van der Waals surface area contributed by atoms with Gasteiger partial charge in [0.2, 0.25) is 17.6 Å². The molecule has 3 aromatic rings. The van der Waals surface area contributed by atoms with Crippen molar-refractivity contribution in [2.75, 3.05) is 13.1 Å². The van der Waals surface area contributed by atoms with E-state index in [0.29, 0.717) is 55.7 Å². The van der Waals surface area contributed by atoms with E-state index in [1.165, 1.54) is 0 Å². The average molecular weight is 394 g/mol. The molecule has 0 aromatic carbocycles. The molecule has 0 unspecified atom stereocenters. The molecule has 1 fully saturated rings. The number of carbonyl (C=O) groups excluding carboxylic acids is 1. The highest BCUT2D eigenvalue weighted by Gasteiger charge is 2.35. The molecule has 150 valence electrons. The standard InChI is InChI=1S/C21H22N4O4/c26-19(7-2-6-18-22-21(23-29-18)17-5-3-9-28-17)24-11-14-10-15(13-24)16-4-1-8-20(27)25(16)12-14/h1,3-5,8-9,14-15H,2,6-7,10-13H2/t14-,15+/m0/s1. The number of fused-ring (bicyclic) bond motifs is 4. The third kappa shape index (κ3) is 3.50. The number of nitrogens with zero attached hydrogens (tertiary/aromatic N) is 4. The van der Waals surface area contributed by atoms with E-state index >= 15 is 0 Å². The van der Waals surface area contributed by atoms with Gasteiger partial charge in [-0.3, -0.25) is 9.59 Å². The summed E-state index contributed by atoms with van der Waals surface area (Å²) < 4.78 is 12.4. The molecule has 5 heterocycles. The predicted octanol–water partition coefficient (Wildman–Crippen LogP) is 2.46. The van der Waals surface area contributed by atoms with Crippen LogP contribution >= 0.6 is 0 Å². The number of aryl methyl sites for hydroxylation is 1. The highest BCUT2D eigenvalue weighted by molar-refractivity contribution is 5.76. The van der Waals surface area contributed by atoms with Crippen LogP contribution in [0, 0.1) is 5.92 Å². The van der Waals surface area contributed by atoms with E-state index in [-0.39, 0.29) is 17.4 Å². The summed E-state index contributed by atoms with van der Waals surface area (Å²) in [5.41, 5.74) is 1.12. The maximum atomic E-state index is 12.8. The molecule has 2 aliphatic heterocycles. The molecule has 1 amide bonds. The molecule has 2 bridgehead atoms. The number of aromatic nitrogens is 3. The van der Waals surface area contributed by atoms with Crippen LogP contribution in [0.4, 0.5) is 0 Å². The first-order valence-corrected chi connectivity index (χ1v) is 10.0. The fourth-order valence-corrected chi connectivity index (χ4v) is 4.51. The Labute approximate surface area is 167 Å². The van der Waals surface area contributed by atoms with Crippen molar-refractivity contribution in [2.45, 2.75) is 38.1 Å². The Kier molecular flexibility index (Phi) is 4.54. The van der Waals surface area contributed by atoms with Crippen LogP contribution in [-0.2, 0) is 17.8 Å². The number of amides is 1. The Balaban J connectivity index is 1.18. The minimum atomic E-state index is 0.0606. The molecule has 0 N–H and O–H groups in total. The Morgan fingerprint density at radius 3 is 2.97 bits per heavy atom. The van der Waals surface area contributed by atoms with Crippen molar-refractivity contribution in [3.8, 4) is 11.6 Å². The number of hydrogen-bond acceptors (Lipinski definition) is 6. The number of rotatable bonds is 5. The normalized spacial score (nSPS) is 20.5. The van der Waals surface area contributed by atoms with Gasteiger partial charge in [-0.25, -0.2) is 0 Å². The van der Waals surface area contributed by atoms with Crippen LogP contribution in [0.5, 0.6) is 0 Å². The quantitative estimate of drug-likeness (QED) is 0.660. The number of piperidine rings is 1. The lowest BCUT2D eigenvalue weighted by atomic mass is 9.83. The van der Waals surface area contributed by atoms with E-state index in [9.17, 15) is 9.59 Å². The predicted molar refractivity (Wildman–Crippen MR) is 103 cm³/mol. The second kappa shape index (κ2) is 7.35. The molecule has 3 aromatic heterocycles. The maximum absolute atomic E-state index is 12.8. The van der Waals surface area contributed by atoms with E-state index < -0.39 is 0 Å². The van der Waals surface area contributed by atoms with Gasteiger partial charge in [0, 0.05) is 50.2 Å². The number of hydrogen-bond donors (Lipinski definition) is 0. The van der Waals surface area contributed by atoms with Gasteiger partial charge in [-0.15, -0.1) is 0 Å². The van der Waals surface area contributed by atoms with Crippen molar-refractivity contribution in [1.82, 2.24) is 19.6 Å². The van der Waals surface area contributed by atoms with E-state index in [4.69, 9.17) is 8.94 Å². The fourth-order valence-electron chi connectivity index (χ4n) is 4.51. The lowest BCUT2D eigenvalue weighted by Crippen LogP contribution is -2.49. The van der Waals surface area contributed by atoms with Crippen molar-refractivity contribution in [1.29, 1.82) is 0 Å². The van der Waals surface area contributed by atoms with Crippen LogP contribution < -0.4 is 5.56 Å². The van der Waals surface area contributed by atoms with Gasteiger partial charge in [0.1, 0.15) is 0 Å². The smallest absolute Gasteiger partial charge is 0.250 e. The van der Waals surface area contributed by atoms with Gasteiger partial charge in [-0.05, 0) is 37.0 Å². The molecular weight excluding hydrogens is 372 g/mol. The highest BCUT2D eigenvalue weighted by Crippen LogP contribution is 2.35. The van der Waals surface area contributed by atoms with Crippen LogP contribution in [0.25, 0.3) is 11.6 Å². The summed E-state index contributed by atoms with van der Waals surface area (Å²) in [6.45, 7) is 2.11. The molecule has 0 saturated carbocycles.